The summed E-state index contributed by atoms with van der Waals surface area (Å²) in [5.41, 5.74) is 4.54. The van der Waals surface area contributed by atoms with Crippen LogP contribution in [-0.4, -0.2) is 121 Å². The molecule has 4 aromatic rings. The van der Waals surface area contributed by atoms with E-state index in [9.17, 15) is 28.8 Å². The maximum atomic E-state index is 14.7. The summed E-state index contributed by atoms with van der Waals surface area (Å²) < 4.78 is 13.1. The molecule has 6 amide bonds. The lowest BCUT2D eigenvalue weighted by molar-refractivity contribution is -0.144. The van der Waals surface area contributed by atoms with E-state index in [0.717, 1.165) is 49.7 Å². The van der Waals surface area contributed by atoms with Crippen molar-refractivity contribution in [3.05, 3.63) is 130 Å². The molecule has 0 spiro atoms. The van der Waals surface area contributed by atoms with Gasteiger partial charge in [0.05, 0.1) is 37.3 Å². The first-order chi connectivity index (χ1) is 39.1. The molecule has 8 rings (SSSR count). The van der Waals surface area contributed by atoms with Crippen molar-refractivity contribution in [1.29, 1.82) is 0 Å². The SMILES string of the molecule is CN[C@@H](C)C(=O)N[C@H](C(=O)N1C[C@@H](Oc2cccc(C#CC#Cc3cccc(O[C@H]4C[C@@H](C(=O)N[C@@H]5CCCc6ccccc65)N(C(=O)[C@@H](NC(=O)[C@H](C)NC)C(C)(C)C)C4)c3)c2)C[C@H]1C(=O)N[C@@H]1CCCc2ccccc21)C(C)(C)C.Cl.Cl. The van der Waals surface area contributed by atoms with E-state index in [4.69, 9.17) is 9.47 Å². The third-order valence-electron chi connectivity index (χ3n) is 16.3. The molecule has 18 heteroatoms. The minimum Gasteiger partial charge on any atom is -0.488 e. The second kappa shape index (κ2) is 29.1. The molecule has 450 valence electrons. The van der Waals surface area contributed by atoms with Crippen LogP contribution in [0.4, 0.5) is 0 Å². The summed E-state index contributed by atoms with van der Waals surface area (Å²) in [4.78, 5) is 87.7. The van der Waals surface area contributed by atoms with E-state index in [1.807, 2.05) is 102 Å². The van der Waals surface area contributed by atoms with Gasteiger partial charge < -0.3 is 51.2 Å². The Morgan fingerprint density at radius 3 is 1.30 bits per heavy atom. The second-order valence-electron chi connectivity index (χ2n) is 24.5. The van der Waals surface area contributed by atoms with E-state index in [1.165, 1.54) is 11.1 Å². The van der Waals surface area contributed by atoms with E-state index in [-0.39, 0.29) is 98.3 Å². The molecule has 2 fully saturated rings. The molecule has 0 radical (unpaired) electrons. The Morgan fingerprint density at radius 2 is 0.929 bits per heavy atom. The number of aryl methyl sites for hydroxylation is 2. The van der Waals surface area contributed by atoms with Gasteiger partial charge in [-0.2, -0.15) is 0 Å². The highest BCUT2D eigenvalue weighted by atomic mass is 35.5. The van der Waals surface area contributed by atoms with E-state index in [0.29, 0.717) is 22.6 Å². The van der Waals surface area contributed by atoms with Gasteiger partial charge in [-0.3, -0.25) is 28.8 Å². The fourth-order valence-corrected chi connectivity index (χ4v) is 11.4. The summed E-state index contributed by atoms with van der Waals surface area (Å²) in [5, 5.41) is 18.4. The summed E-state index contributed by atoms with van der Waals surface area (Å²) in [7, 11) is 3.37. The van der Waals surface area contributed by atoms with Gasteiger partial charge in [0.1, 0.15) is 47.9 Å². The molecule has 0 bridgehead atoms. The Morgan fingerprint density at radius 1 is 0.548 bits per heavy atom. The lowest BCUT2D eigenvalue weighted by Crippen LogP contribution is -2.59. The molecule has 6 N–H and O–H groups in total. The summed E-state index contributed by atoms with van der Waals surface area (Å²) in [5.74, 6) is 11.3. The molecular formula is C66H84Cl2N8O8. The zero-order valence-corrected chi connectivity index (χ0v) is 51.7. The van der Waals surface area contributed by atoms with Crippen molar-refractivity contribution in [1.82, 2.24) is 41.7 Å². The van der Waals surface area contributed by atoms with Gasteiger partial charge in [-0.1, -0.05) is 114 Å². The van der Waals surface area contributed by atoms with Crippen molar-refractivity contribution in [3.63, 3.8) is 0 Å². The van der Waals surface area contributed by atoms with Gasteiger partial charge in [-0.15, -0.1) is 24.8 Å². The monoisotopic (exact) mass is 1190 g/mol. The molecule has 2 heterocycles. The molecule has 0 aromatic heterocycles. The van der Waals surface area contributed by atoms with Crippen LogP contribution in [-0.2, 0) is 41.6 Å². The van der Waals surface area contributed by atoms with Crippen LogP contribution in [0.3, 0.4) is 0 Å². The maximum absolute atomic E-state index is 14.7. The molecule has 4 aliphatic rings. The normalized spacial score (nSPS) is 21.2. The number of hydrogen-bond donors (Lipinski definition) is 6. The van der Waals surface area contributed by atoms with Gasteiger partial charge in [-0.25, -0.2) is 0 Å². The van der Waals surface area contributed by atoms with Gasteiger partial charge in [0.2, 0.25) is 35.4 Å². The molecule has 2 aliphatic heterocycles. The van der Waals surface area contributed by atoms with Gasteiger partial charge in [0.25, 0.3) is 0 Å². The number of likely N-dealkylation sites (tertiary alicyclic amines) is 2. The predicted molar refractivity (Wildman–Crippen MR) is 331 cm³/mol. The third-order valence-corrected chi connectivity index (χ3v) is 16.3. The van der Waals surface area contributed by atoms with Crippen LogP contribution >= 0.6 is 24.8 Å². The van der Waals surface area contributed by atoms with Crippen LogP contribution in [0, 0.1) is 34.5 Å². The Kier molecular flexibility index (Phi) is 22.9. The van der Waals surface area contributed by atoms with Crippen LogP contribution in [0.25, 0.3) is 0 Å². The average Bonchev–Trinajstić information content (AvgIpc) is 4.20. The quantitative estimate of drug-likeness (QED) is 0.0620. The number of fused-ring (bicyclic) bond motifs is 2. The first kappa shape index (κ1) is 66.1. The summed E-state index contributed by atoms with van der Waals surface area (Å²) >= 11 is 0. The maximum Gasteiger partial charge on any atom is 0.246 e. The zero-order valence-electron chi connectivity index (χ0n) is 50.1. The highest BCUT2D eigenvalue weighted by molar-refractivity contribution is 5.95. The minimum atomic E-state index is -0.912. The van der Waals surface area contributed by atoms with Crippen LogP contribution in [0.5, 0.6) is 11.5 Å². The number of likely N-dealkylation sites (N-methyl/N-ethyl adjacent to an activating group) is 2. The Hall–Kier alpha value is -7.08. The van der Waals surface area contributed by atoms with Crippen molar-refractivity contribution >= 4 is 60.3 Å². The minimum absolute atomic E-state index is 0. The molecule has 0 saturated carbocycles. The molecule has 2 saturated heterocycles. The van der Waals surface area contributed by atoms with E-state index < -0.39 is 59.3 Å². The lowest BCUT2D eigenvalue weighted by atomic mass is 9.85. The summed E-state index contributed by atoms with van der Waals surface area (Å²) in [6, 6.07) is 25.9. The average molecular weight is 1190 g/mol. The number of ether oxygens (including phenoxy) is 2. The molecule has 16 nitrogen and oxygen atoms in total. The number of carbonyl (C=O) groups is 6. The Balaban J connectivity index is 0.00000566. The number of amides is 6. The van der Waals surface area contributed by atoms with E-state index >= 15 is 0 Å². The van der Waals surface area contributed by atoms with Crippen LogP contribution < -0.4 is 41.4 Å². The van der Waals surface area contributed by atoms with Gasteiger partial charge in [0.15, 0.2) is 0 Å². The van der Waals surface area contributed by atoms with Crippen molar-refractivity contribution in [2.75, 3.05) is 27.2 Å². The molecule has 84 heavy (non-hydrogen) atoms. The number of nitrogens with one attached hydrogen (secondary N) is 6. The zero-order chi connectivity index (χ0) is 58.9. The Bertz CT molecular complexity index is 2930. The van der Waals surface area contributed by atoms with Crippen molar-refractivity contribution in [2.45, 2.75) is 167 Å². The molecule has 4 aromatic carbocycles. The van der Waals surface area contributed by atoms with E-state index in [1.54, 1.807) is 49.9 Å². The third kappa shape index (κ3) is 16.4. The fourth-order valence-electron chi connectivity index (χ4n) is 11.4. The molecule has 0 unspecified atom stereocenters. The first-order valence-corrected chi connectivity index (χ1v) is 29.0. The number of nitrogens with zero attached hydrogens (tertiary/aromatic N) is 2. The number of hydrogen-bond acceptors (Lipinski definition) is 10. The second-order valence-corrected chi connectivity index (χ2v) is 24.5. The predicted octanol–water partition coefficient (Wildman–Crippen LogP) is 7.30. The summed E-state index contributed by atoms with van der Waals surface area (Å²) in [6.07, 6.45) is 4.72. The van der Waals surface area contributed by atoms with Crippen LogP contribution in [0.1, 0.15) is 139 Å². The highest BCUT2D eigenvalue weighted by Gasteiger charge is 2.48. The summed E-state index contributed by atoms with van der Waals surface area (Å²) in [6.45, 7) is 15.1. The van der Waals surface area contributed by atoms with Crippen molar-refractivity contribution < 1.29 is 38.2 Å². The van der Waals surface area contributed by atoms with Crippen LogP contribution in [0.2, 0.25) is 0 Å². The van der Waals surface area contributed by atoms with Crippen LogP contribution in [0.15, 0.2) is 97.1 Å². The lowest BCUT2D eigenvalue weighted by Gasteiger charge is -2.36. The topological polar surface area (TPSA) is 200 Å². The number of halogens is 2. The smallest absolute Gasteiger partial charge is 0.246 e. The van der Waals surface area contributed by atoms with Crippen molar-refractivity contribution in [3.8, 4) is 35.2 Å². The number of carbonyl (C=O) groups excluding carboxylic acids is 6. The fraction of sp³-hybridized carbons (Fsp3) is 0.485. The van der Waals surface area contributed by atoms with Gasteiger partial charge in [0, 0.05) is 24.0 Å². The molecule has 2 aliphatic carbocycles. The van der Waals surface area contributed by atoms with Gasteiger partial charge in [-0.05, 0) is 148 Å². The number of rotatable bonds is 16. The molecular weight excluding hydrogens is 1100 g/mol. The number of benzene rings is 4. The van der Waals surface area contributed by atoms with Gasteiger partial charge >= 0.3 is 0 Å². The standard InChI is InChI=1S/C66H82N8O8.2ClH/c1-41(67-9)59(75)71-57(65(3,4)5)63(79)73-39-49(37-55(73)61(77)69-53-33-19-27-45-25-13-15-31-51(45)53)81-47-29-17-23-43(35-47)21-11-12-22-44-24-18-30-48(36-44)82-50-38-56(62(78)70-54-34-20-28-46-26-14-16-32-52(46)54)74(40-50)64(80)58(66(6,7)8)72-60(76)42(2)68-10;;/h13-18,23-26,29-32,35-36,41-42,49-50,53-58,67-68H,19-20,27-28,33-34,37-40H2,1-10H3,(H,69,77)(H,70,78)(H,71,75)(H,72,76);2*1H/t41-,42-,49-,50-,53+,54+,55-,56-,57+,58+;;/m0../s1. The van der Waals surface area contributed by atoms with E-state index in [2.05, 4.69) is 79.8 Å². The highest BCUT2D eigenvalue weighted by Crippen LogP contribution is 2.35. The Labute approximate surface area is 508 Å². The van der Waals surface area contributed by atoms with Crippen molar-refractivity contribution in [2.24, 2.45) is 10.8 Å². The largest absolute Gasteiger partial charge is 0.488 e. The first-order valence-electron chi connectivity index (χ1n) is 29.0. The molecule has 10 atom stereocenters.